The first-order valence-corrected chi connectivity index (χ1v) is 7.59. The van der Waals surface area contributed by atoms with Gasteiger partial charge in [0, 0.05) is 18.2 Å². The molecule has 2 aromatic heterocycles. The van der Waals surface area contributed by atoms with Gasteiger partial charge in [0.15, 0.2) is 5.16 Å². The van der Waals surface area contributed by atoms with Crippen molar-refractivity contribution in [2.45, 2.75) is 50.4 Å². The summed E-state index contributed by atoms with van der Waals surface area (Å²) < 4.78 is 5.51. The lowest BCUT2D eigenvalue weighted by Gasteiger charge is -2.06. The number of thioether (sulfide) groups is 1. The second-order valence-corrected chi connectivity index (χ2v) is 5.77. The van der Waals surface area contributed by atoms with Gasteiger partial charge in [-0.25, -0.2) is 4.98 Å². The van der Waals surface area contributed by atoms with Crippen LogP contribution in [0.1, 0.15) is 49.9 Å². The van der Waals surface area contributed by atoms with Crippen molar-refractivity contribution >= 4 is 11.8 Å². The lowest BCUT2D eigenvalue weighted by Crippen LogP contribution is -2.10. The molecule has 0 aliphatic carbocycles. The Balaban J connectivity index is 2.14. The van der Waals surface area contributed by atoms with Gasteiger partial charge in [0.1, 0.15) is 0 Å². The second-order valence-electron chi connectivity index (χ2n) is 4.44. The molecule has 0 amide bonds. The zero-order valence-electron chi connectivity index (χ0n) is 11.8. The zero-order chi connectivity index (χ0) is 14.5. The van der Waals surface area contributed by atoms with Crippen LogP contribution in [0.25, 0.3) is 0 Å². The SMILES string of the molecule is CCCc1cc(=O)[nH]c(S[C@H](C)c2nnc(CC)o2)n1. The number of aryl methyl sites for hydroxylation is 2. The van der Waals surface area contributed by atoms with Crippen LogP contribution in [-0.4, -0.2) is 20.2 Å². The summed E-state index contributed by atoms with van der Waals surface area (Å²) >= 11 is 1.41. The van der Waals surface area contributed by atoms with E-state index in [1.165, 1.54) is 11.8 Å². The monoisotopic (exact) mass is 294 g/mol. The molecule has 0 fully saturated rings. The van der Waals surface area contributed by atoms with Gasteiger partial charge in [-0.2, -0.15) is 0 Å². The molecule has 1 N–H and O–H groups in total. The van der Waals surface area contributed by atoms with E-state index in [1.54, 1.807) is 6.07 Å². The summed E-state index contributed by atoms with van der Waals surface area (Å²) in [6.07, 6.45) is 2.47. The maximum absolute atomic E-state index is 11.6. The third-order valence-electron chi connectivity index (χ3n) is 2.70. The van der Waals surface area contributed by atoms with E-state index in [9.17, 15) is 4.79 Å². The predicted molar refractivity (Wildman–Crippen MR) is 76.8 cm³/mol. The van der Waals surface area contributed by atoms with Crippen LogP contribution >= 0.6 is 11.8 Å². The number of hydrogen-bond donors (Lipinski definition) is 1. The van der Waals surface area contributed by atoms with Gasteiger partial charge in [-0.1, -0.05) is 32.0 Å². The van der Waals surface area contributed by atoms with Gasteiger partial charge in [-0.15, -0.1) is 10.2 Å². The molecule has 0 radical (unpaired) electrons. The highest BCUT2D eigenvalue weighted by Gasteiger charge is 2.16. The Morgan fingerprint density at radius 2 is 2.20 bits per heavy atom. The van der Waals surface area contributed by atoms with E-state index >= 15 is 0 Å². The Labute approximate surface area is 121 Å². The molecule has 0 unspecified atom stereocenters. The number of nitrogens with one attached hydrogen (secondary N) is 1. The predicted octanol–water partition coefficient (Wildman–Crippen LogP) is 2.52. The topological polar surface area (TPSA) is 84.7 Å². The molecule has 2 aromatic rings. The number of aromatic amines is 1. The van der Waals surface area contributed by atoms with Gasteiger partial charge in [0.25, 0.3) is 5.56 Å². The average Bonchev–Trinajstić information content (AvgIpc) is 2.87. The molecule has 1 atom stereocenters. The largest absolute Gasteiger partial charge is 0.424 e. The van der Waals surface area contributed by atoms with Crippen molar-refractivity contribution < 1.29 is 4.42 Å². The summed E-state index contributed by atoms with van der Waals surface area (Å²) in [5.41, 5.74) is 0.684. The minimum absolute atomic E-state index is 0.0529. The van der Waals surface area contributed by atoms with Gasteiger partial charge < -0.3 is 9.40 Å². The minimum Gasteiger partial charge on any atom is -0.424 e. The summed E-state index contributed by atoms with van der Waals surface area (Å²) in [6, 6.07) is 1.54. The van der Waals surface area contributed by atoms with Crippen LogP contribution in [0.2, 0.25) is 0 Å². The molecule has 0 bridgehead atoms. The second kappa shape index (κ2) is 6.69. The standard InChI is InChI=1S/C13H18N4O2S/c1-4-6-9-7-10(18)15-13(14-9)20-8(3)12-17-16-11(5-2)19-12/h7-8H,4-6H2,1-3H3,(H,14,15,18)/t8-/m1/s1. The molecule has 2 rings (SSSR count). The molecule has 0 aliphatic rings. The van der Waals surface area contributed by atoms with Gasteiger partial charge in [-0.3, -0.25) is 4.79 Å². The van der Waals surface area contributed by atoms with Crippen LogP contribution in [0.15, 0.2) is 20.4 Å². The summed E-state index contributed by atoms with van der Waals surface area (Å²) in [5.74, 6) is 1.17. The number of hydrogen-bond acceptors (Lipinski definition) is 6. The van der Waals surface area contributed by atoms with E-state index in [2.05, 4.69) is 27.1 Å². The average molecular weight is 294 g/mol. The fourth-order valence-corrected chi connectivity index (χ4v) is 2.58. The Morgan fingerprint density at radius 1 is 1.40 bits per heavy atom. The molecule has 7 heteroatoms. The summed E-state index contributed by atoms with van der Waals surface area (Å²) in [6.45, 7) is 5.97. The van der Waals surface area contributed by atoms with Crippen molar-refractivity contribution in [3.05, 3.63) is 33.9 Å². The third kappa shape index (κ3) is 3.69. The summed E-state index contributed by atoms with van der Waals surface area (Å²) in [5, 5.41) is 8.48. The molecule has 0 spiro atoms. The van der Waals surface area contributed by atoms with E-state index < -0.39 is 0 Å². The molecule has 0 saturated carbocycles. The van der Waals surface area contributed by atoms with Crippen LogP contribution in [0.3, 0.4) is 0 Å². The maximum Gasteiger partial charge on any atom is 0.251 e. The first-order valence-electron chi connectivity index (χ1n) is 6.71. The summed E-state index contributed by atoms with van der Waals surface area (Å²) in [7, 11) is 0. The Hall–Kier alpha value is -1.63. The number of nitrogens with zero attached hydrogens (tertiary/aromatic N) is 3. The first kappa shape index (κ1) is 14.8. The molecule has 2 heterocycles. The van der Waals surface area contributed by atoms with E-state index in [-0.39, 0.29) is 10.8 Å². The molecule has 6 nitrogen and oxygen atoms in total. The van der Waals surface area contributed by atoms with E-state index in [1.807, 2.05) is 13.8 Å². The molecular weight excluding hydrogens is 276 g/mol. The normalized spacial score (nSPS) is 12.6. The van der Waals surface area contributed by atoms with Crippen LogP contribution in [0, 0.1) is 0 Å². The lowest BCUT2D eigenvalue weighted by atomic mass is 10.2. The van der Waals surface area contributed by atoms with Crippen LogP contribution in [0.5, 0.6) is 0 Å². The summed E-state index contributed by atoms with van der Waals surface area (Å²) in [4.78, 5) is 18.8. The van der Waals surface area contributed by atoms with Crippen LogP contribution < -0.4 is 5.56 Å². The Kier molecular flexibility index (Phi) is 4.94. The molecule has 108 valence electrons. The van der Waals surface area contributed by atoms with Gasteiger partial charge in [0.2, 0.25) is 11.8 Å². The van der Waals surface area contributed by atoms with Crippen molar-refractivity contribution in [1.82, 2.24) is 20.2 Å². The number of rotatable bonds is 6. The van der Waals surface area contributed by atoms with Gasteiger partial charge >= 0.3 is 0 Å². The fourth-order valence-electron chi connectivity index (χ4n) is 1.72. The van der Waals surface area contributed by atoms with Gasteiger partial charge in [0.05, 0.1) is 5.25 Å². The fraction of sp³-hybridized carbons (Fsp3) is 0.538. The highest BCUT2D eigenvalue weighted by molar-refractivity contribution is 7.99. The van der Waals surface area contributed by atoms with Crippen molar-refractivity contribution in [3.8, 4) is 0 Å². The van der Waals surface area contributed by atoms with Crippen LogP contribution in [0.4, 0.5) is 0 Å². The van der Waals surface area contributed by atoms with Crippen LogP contribution in [-0.2, 0) is 12.8 Å². The molecule has 0 aromatic carbocycles. The van der Waals surface area contributed by atoms with Crippen molar-refractivity contribution in [3.63, 3.8) is 0 Å². The van der Waals surface area contributed by atoms with E-state index in [4.69, 9.17) is 4.42 Å². The number of H-pyrrole nitrogens is 1. The molecule has 0 saturated heterocycles. The molecular formula is C13H18N4O2S. The quantitative estimate of drug-likeness (QED) is 0.651. The smallest absolute Gasteiger partial charge is 0.251 e. The molecule has 20 heavy (non-hydrogen) atoms. The van der Waals surface area contributed by atoms with E-state index in [0.717, 1.165) is 18.5 Å². The van der Waals surface area contributed by atoms with Crippen molar-refractivity contribution in [2.24, 2.45) is 0 Å². The van der Waals surface area contributed by atoms with E-state index in [0.29, 0.717) is 23.4 Å². The molecule has 0 aliphatic heterocycles. The number of aromatic nitrogens is 4. The first-order chi connectivity index (χ1) is 9.62. The Bertz CT molecular complexity index is 623. The zero-order valence-corrected chi connectivity index (χ0v) is 12.7. The highest BCUT2D eigenvalue weighted by Crippen LogP contribution is 2.31. The van der Waals surface area contributed by atoms with Crippen molar-refractivity contribution in [2.75, 3.05) is 0 Å². The van der Waals surface area contributed by atoms with Gasteiger partial charge in [-0.05, 0) is 13.3 Å². The Morgan fingerprint density at radius 3 is 2.85 bits per heavy atom. The van der Waals surface area contributed by atoms with Crippen molar-refractivity contribution in [1.29, 1.82) is 0 Å². The third-order valence-corrected chi connectivity index (χ3v) is 3.67. The lowest BCUT2D eigenvalue weighted by molar-refractivity contribution is 0.456. The minimum atomic E-state index is -0.127. The highest BCUT2D eigenvalue weighted by atomic mass is 32.2. The maximum atomic E-state index is 11.6.